The van der Waals surface area contributed by atoms with Gasteiger partial charge in [-0.2, -0.15) is 0 Å². The van der Waals surface area contributed by atoms with Gasteiger partial charge in [-0.1, -0.05) is 6.92 Å². The van der Waals surface area contributed by atoms with E-state index in [1.807, 2.05) is 11.8 Å². The van der Waals surface area contributed by atoms with E-state index in [4.69, 9.17) is 9.15 Å². The normalized spacial score (nSPS) is 10.6. The van der Waals surface area contributed by atoms with Gasteiger partial charge in [-0.05, 0) is 32.0 Å². The molecular weight excluding hydrogens is 262 g/mol. The molecule has 20 heavy (non-hydrogen) atoms. The van der Waals surface area contributed by atoms with Crippen LogP contribution >= 0.6 is 0 Å². The first-order valence-electron chi connectivity index (χ1n) is 6.65. The van der Waals surface area contributed by atoms with Crippen LogP contribution in [0.4, 0.5) is 0 Å². The summed E-state index contributed by atoms with van der Waals surface area (Å²) in [5.74, 6) is 0.00242. The maximum atomic E-state index is 11.5. The van der Waals surface area contributed by atoms with Crippen LogP contribution in [-0.4, -0.2) is 43.6 Å². The second-order valence-electron chi connectivity index (χ2n) is 4.27. The molecule has 0 saturated heterocycles. The Hall–Kier alpha value is -1.82. The molecule has 0 fully saturated rings. The number of furan rings is 1. The average molecular weight is 283 g/mol. The fraction of sp³-hybridized carbons (Fsp3) is 0.571. The third-order valence-corrected chi connectivity index (χ3v) is 2.63. The molecular formula is C14H21NO5. The first-order chi connectivity index (χ1) is 9.60. The second kappa shape index (κ2) is 8.37. The predicted octanol–water partition coefficient (Wildman–Crippen LogP) is 1.84. The number of ether oxygens (including phenoxy) is 2. The maximum absolute atomic E-state index is 11.5. The van der Waals surface area contributed by atoms with Crippen LogP contribution in [0.2, 0.25) is 0 Å². The standard InChI is InChI=1S/C14H21NO5/c1-4-8-15(10-13(16)19-5-2)9-11-6-7-12(20-11)14(17)18-3/h6-7H,4-5,8-10H2,1-3H3. The molecule has 0 spiro atoms. The van der Waals surface area contributed by atoms with Crippen molar-refractivity contribution in [3.8, 4) is 0 Å². The summed E-state index contributed by atoms with van der Waals surface area (Å²) in [6.45, 7) is 5.57. The summed E-state index contributed by atoms with van der Waals surface area (Å²) >= 11 is 0. The van der Waals surface area contributed by atoms with Crippen LogP contribution < -0.4 is 0 Å². The van der Waals surface area contributed by atoms with Crippen LogP contribution in [0.15, 0.2) is 16.5 Å². The SMILES string of the molecule is CCCN(CC(=O)OCC)Cc1ccc(C(=O)OC)o1. The zero-order chi connectivity index (χ0) is 15.0. The summed E-state index contributed by atoms with van der Waals surface area (Å²) in [5, 5.41) is 0. The van der Waals surface area contributed by atoms with Crippen LogP contribution in [0.25, 0.3) is 0 Å². The molecule has 0 radical (unpaired) electrons. The van der Waals surface area contributed by atoms with Crippen molar-refractivity contribution >= 4 is 11.9 Å². The van der Waals surface area contributed by atoms with Gasteiger partial charge in [0, 0.05) is 0 Å². The monoisotopic (exact) mass is 283 g/mol. The predicted molar refractivity (Wildman–Crippen MR) is 72.2 cm³/mol. The number of rotatable bonds is 8. The Morgan fingerprint density at radius 3 is 2.65 bits per heavy atom. The molecule has 0 atom stereocenters. The molecule has 6 nitrogen and oxygen atoms in total. The van der Waals surface area contributed by atoms with Gasteiger partial charge in [0.25, 0.3) is 0 Å². The Labute approximate surface area is 118 Å². The van der Waals surface area contributed by atoms with E-state index in [1.54, 1.807) is 19.1 Å². The van der Waals surface area contributed by atoms with Gasteiger partial charge in [0.15, 0.2) is 0 Å². The lowest BCUT2D eigenvalue weighted by Gasteiger charge is -2.19. The lowest BCUT2D eigenvalue weighted by molar-refractivity contribution is -0.144. The van der Waals surface area contributed by atoms with Gasteiger partial charge in [0.1, 0.15) is 5.76 Å². The first-order valence-corrected chi connectivity index (χ1v) is 6.65. The van der Waals surface area contributed by atoms with Gasteiger partial charge in [-0.15, -0.1) is 0 Å². The largest absolute Gasteiger partial charge is 0.465 e. The molecule has 0 bridgehead atoms. The number of nitrogens with zero attached hydrogens (tertiary/aromatic N) is 1. The van der Waals surface area contributed by atoms with Gasteiger partial charge in [-0.3, -0.25) is 9.69 Å². The summed E-state index contributed by atoms with van der Waals surface area (Å²) < 4.78 is 14.9. The Balaban J connectivity index is 2.62. The first kappa shape index (κ1) is 16.2. The number of esters is 2. The molecule has 0 aromatic carbocycles. The van der Waals surface area contributed by atoms with Gasteiger partial charge in [-0.25, -0.2) is 4.79 Å². The Morgan fingerprint density at radius 1 is 1.30 bits per heavy atom. The maximum Gasteiger partial charge on any atom is 0.373 e. The molecule has 1 aromatic heterocycles. The van der Waals surface area contributed by atoms with Crippen molar-refractivity contribution in [2.75, 3.05) is 26.8 Å². The molecule has 6 heteroatoms. The Bertz CT molecular complexity index is 441. The molecule has 0 unspecified atom stereocenters. The van der Waals surface area contributed by atoms with E-state index in [-0.39, 0.29) is 18.3 Å². The number of carbonyl (C=O) groups excluding carboxylic acids is 2. The van der Waals surface area contributed by atoms with Crippen molar-refractivity contribution in [3.63, 3.8) is 0 Å². The smallest absolute Gasteiger partial charge is 0.373 e. The number of hydrogen-bond acceptors (Lipinski definition) is 6. The van der Waals surface area contributed by atoms with Crippen molar-refractivity contribution in [2.45, 2.75) is 26.8 Å². The third-order valence-electron chi connectivity index (χ3n) is 2.63. The van der Waals surface area contributed by atoms with Crippen molar-refractivity contribution < 1.29 is 23.5 Å². The summed E-state index contributed by atoms with van der Waals surface area (Å²) in [5.41, 5.74) is 0. The summed E-state index contributed by atoms with van der Waals surface area (Å²) in [6.07, 6.45) is 0.907. The molecule has 0 N–H and O–H groups in total. The van der Waals surface area contributed by atoms with E-state index in [9.17, 15) is 9.59 Å². The summed E-state index contributed by atoms with van der Waals surface area (Å²) in [6, 6.07) is 3.27. The van der Waals surface area contributed by atoms with Crippen LogP contribution in [0.3, 0.4) is 0 Å². The van der Waals surface area contributed by atoms with Gasteiger partial charge in [0.2, 0.25) is 5.76 Å². The third kappa shape index (κ3) is 5.05. The summed E-state index contributed by atoms with van der Waals surface area (Å²) in [7, 11) is 1.30. The highest BCUT2D eigenvalue weighted by atomic mass is 16.5. The number of methoxy groups -OCH3 is 1. The Morgan fingerprint density at radius 2 is 2.05 bits per heavy atom. The lowest BCUT2D eigenvalue weighted by atomic mass is 10.3. The van der Waals surface area contributed by atoms with E-state index in [0.717, 1.165) is 13.0 Å². The molecule has 1 rings (SSSR count). The molecule has 0 aliphatic carbocycles. The molecule has 0 aliphatic heterocycles. The van der Waals surface area contributed by atoms with Gasteiger partial charge < -0.3 is 13.9 Å². The van der Waals surface area contributed by atoms with E-state index in [0.29, 0.717) is 18.9 Å². The van der Waals surface area contributed by atoms with Gasteiger partial charge in [0.05, 0.1) is 26.8 Å². The minimum Gasteiger partial charge on any atom is -0.465 e. The number of carbonyl (C=O) groups is 2. The van der Waals surface area contributed by atoms with E-state index >= 15 is 0 Å². The van der Waals surface area contributed by atoms with Crippen molar-refractivity contribution in [1.82, 2.24) is 4.90 Å². The minimum atomic E-state index is -0.510. The quantitative estimate of drug-likeness (QED) is 0.678. The fourth-order valence-electron chi connectivity index (χ4n) is 1.81. The molecule has 112 valence electrons. The topological polar surface area (TPSA) is 69.0 Å². The zero-order valence-corrected chi connectivity index (χ0v) is 12.2. The summed E-state index contributed by atoms with van der Waals surface area (Å²) in [4.78, 5) is 24.7. The molecule has 0 saturated carbocycles. The highest BCUT2D eigenvalue weighted by molar-refractivity contribution is 5.86. The van der Waals surface area contributed by atoms with E-state index < -0.39 is 5.97 Å². The fourth-order valence-corrected chi connectivity index (χ4v) is 1.81. The van der Waals surface area contributed by atoms with Crippen LogP contribution in [0.5, 0.6) is 0 Å². The van der Waals surface area contributed by atoms with Crippen molar-refractivity contribution in [1.29, 1.82) is 0 Å². The van der Waals surface area contributed by atoms with Gasteiger partial charge >= 0.3 is 11.9 Å². The number of hydrogen-bond donors (Lipinski definition) is 0. The lowest BCUT2D eigenvalue weighted by Crippen LogP contribution is -2.31. The molecule has 1 heterocycles. The van der Waals surface area contributed by atoms with Crippen molar-refractivity contribution in [3.05, 3.63) is 23.7 Å². The minimum absolute atomic E-state index is 0.162. The van der Waals surface area contributed by atoms with Crippen LogP contribution in [0.1, 0.15) is 36.6 Å². The molecule has 1 aromatic rings. The average Bonchev–Trinajstić information content (AvgIpc) is 2.87. The highest BCUT2D eigenvalue weighted by Gasteiger charge is 2.15. The van der Waals surface area contributed by atoms with E-state index in [2.05, 4.69) is 4.74 Å². The zero-order valence-electron chi connectivity index (χ0n) is 12.2. The molecule has 0 aliphatic rings. The van der Waals surface area contributed by atoms with Crippen LogP contribution in [0, 0.1) is 0 Å². The second-order valence-corrected chi connectivity index (χ2v) is 4.27. The van der Waals surface area contributed by atoms with Crippen LogP contribution in [-0.2, 0) is 20.8 Å². The Kier molecular flexibility index (Phi) is 6.79. The van der Waals surface area contributed by atoms with E-state index in [1.165, 1.54) is 7.11 Å². The van der Waals surface area contributed by atoms with Crippen molar-refractivity contribution in [2.24, 2.45) is 0 Å². The highest BCUT2D eigenvalue weighted by Crippen LogP contribution is 2.12. The molecule has 0 amide bonds.